The van der Waals surface area contributed by atoms with E-state index in [4.69, 9.17) is 11.6 Å². The normalized spacial score (nSPS) is 20.7. The fourth-order valence-electron chi connectivity index (χ4n) is 1.52. The van der Waals surface area contributed by atoms with E-state index in [1.165, 1.54) is 5.56 Å². The van der Waals surface area contributed by atoms with E-state index >= 15 is 0 Å². The molecule has 0 saturated heterocycles. The maximum atomic E-state index is 5.96. The first-order valence-electron chi connectivity index (χ1n) is 4.14. The summed E-state index contributed by atoms with van der Waals surface area (Å²) in [5.74, 6) is 0. The SMILES string of the molecule is CC1NCNc2c(Br)cc(Cl)cc21. The number of hydrogen-bond acceptors (Lipinski definition) is 2. The average Bonchev–Trinajstić information content (AvgIpc) is 2.07. The molecule has 0 fully saturated rings. The number of fused-ring (bicyclic) bond motifs is 1. The van der Waals surface area contributed by atoms with E-state index < -0.39 is 0 Å². The predicted molar refractivity (Wildman–Crippen MR) is 59.2 cm³/mol. The minimum Gasteiger partial charge on any atom is -0.371 e. The second-order valence-electron chi connectivity index (χ2n) is 3.13. The number of anilines is 1. The van der Waals surface area contributed by atoms with Gasteiger partial charge in [-0.15, -0.1) is 0 Å². The first-order valence-corrected chi connectivity index (χ1v) is 5.32. The van der Waals surface area contributed by atoms with Crippen molar-refractivity contribution < 1.29 is 0 Å². The van der Waals surface area contributed by atoms with Crippen LogP contribution in [0.4, 0.5) is 5.69 Å². The number of nitrogens with one attached hydrogen (secondary N) is 2. The molecule has 0 bridgehead atoms. The zero-order valence-corrected chi connectivity index (χ0v) is 9.54. The second kappa shape index (κ2) is 3.48. The molecule has 0 aromatic heterocycles. The third kappa shape index (κ3) is 1.68. The highest BCUT2D eigenvalue weighted by molar-refractivity contribution is 9.10. The molecule has 0 spiro atoms. The monoisotopic (exact) mass is 260 g/mol. The van der Waals surface area contributed by atoms with Gasteiger partial charge in [-0.05, 0) is 40.5 Å². The highest BCUT2D eigenvalue weighted by atomic mass is 79.9. The van der Waals surface area contributed by atoms with Crippen LogP contribution in [0, 0.1) is 0 Å². The van der Waals surface area contributed by atoms with E-state index in [1.54, 1.807) is 0 Å². The highest BCUT2D eigenvalue weighted by Gasteiger charge is 2.17. The number of benzene rings is 1. The van der Waals surface area contributed by atoms with Gasteiger partial charge in [0.1, 0.15) is 0 Å². The molecule has 1 atom stereocenters. The Hall–Kier alpha value is -0.250. The van der Waals surface area contributed by atoms with Gasteiger partial charge in [0.05, 0.1) is 12.4 Å². The molecule has 13 heavy (non-hydrogen) atoms. The molecule has 2 nitrogen and oxygen atoms in total. The molecule has 4 heteroatoms. The van der Waals surface area contributed by atoms with Gasteiger partial charge < -0.3 is 5.32 Å². The van der Waals surface area contributed by atoms with Crippen LogP contribution in [0.2, 0.25) is 5.02 Å². The smallest absolute Gasteiger partial charge is 0.0658 e. The Morgan fingerprint density at radius 3 is 3.08 bits per heavy atom. The van der Waals surface area contributed by atoms with Gasteiger partial charge in [0, 0.05) is 15.5 Å². The van der Waals surface area contributed by atoms with E-state index in [0.29, 0.717) is 6.04 Å². The van der Waals surface area contributed by atoms with Crippen molar-refractivity contribution in [1.29, 1.82) is 0 Å². The van der Waals surface area contributed by atoms with Crippen LogP contribution >= 0.6 is 27.5 Å². The Balaban J connectivity index is 2.56. The van der Waals surface area contributed by atoms with Crippen molar-refractivity contribution in [2.24, 2.45) is 0 Å². The largest absolute Gasteiger partial charge is 0.371 e. The molecule has 1 aliphatic rings. The molecular formula is C9H10BrClN2. The molecule has 70 valence electrons. The summed E-state index contributed by atoms with van der Waals surface area (Å²) in [4.78, 5) is 0. The lowest BCUT2D eigenvalue weighted by Gasteiger charge is -2.26. The minimum absolute atomic E-state index is 0.353. The molecule has 1 unspecified atom stereocenters. The van der Waals surface area contributed by atoms with Crippen molar-refractivity contribution in [2.45, 2.75) is 13.0 Å². The van der Waals surface area contributed by atoms with Gasteiger partial charge in [0.2, 0.25) is 0 Å². The van der Waals surface area contributed by atoms with Crippen LogP contribution in [0.25, 0.3) is 0 Å². The van der Waals surface area contributed by atoms with E-state index in [1.807, 2.05) is 12.1 Å². The van der Waals surface area contributed by atoms with Crippen molar-refractivity contribution in [2.75, 3.05) is 12.0 Å². The van der Waals surface area contributed by atoms with Crippen LogP contribution in [0.5, 0.6) is 0 Å². The molecular weight excluding hydrogens is 251 g/mol. The molecule has 1 heterocycles. The maximum absolute atomic E-state index is 5.96. The summed E-state index contributed by atoms with van der Waals surface area (Å²) in [6.45, 7) is 2.93. The van der Waals surface area contributed by atoms with Gasteiger partial charge in [-0.3, -0.25) is 5.32 Å². The van der Waals surface area contributed by atoms with Crippen LogP contribution < -0.4 is 10.6 Å². The van der Waals surface area contributed by atoms with Crippen molar-refractivity contribution in [3.05, 3.63) is 27.2 Å². The van der Waals surface area contributed by atoms with Crippen molar-refractivity contribution in [3.63, 3.8) is 0 Å². The van der Waals surface area contributed by atoms with E-state index in [0.717, 1.165) is 21.9 Å². The Kier molecular flexibility index (Phi) is 2.49. The van der Waals surface area contributed by atoms with Gasteiger partial charge >= 0.3 is 0 Å². The summed E-state index contributed by atoms with van der Waals surface area (Å²) in [7, 11) is 0. The van der Waals surface area contributed by atoms with Crippen molar-refractivity contribution >= 4 is 33.2 Å². The van der Waals surface area contributed by atoms with Crippen LogP contribution in [0.1, 0.15) is 18.5 Å². The van der Waals surface area contributed by atoms with Crippen molar-refractivity contribution in [3.8, 4) is 0 Å². The van der Waals surface area contributed by atoms with Gasteiger partial charge in [-0.25, -0.2) is 0 Å². The lowest BCUT2D eigenvalue weighted by atomic mass is 10.0. The molecule has 0 saturated carbocycles. The fraction of sp³-hybridized carbons (Fsp3) is 0.333. The van der Waals surface area contributed by atoms with E-state index in [-0.39, 0.29) is 0 Å². The quantitative estimate of drug-likeness (QED) is 0.750. The summed E-state index contributed by atoms with van der Waals surface area (Å²) >= 11 is 9.45. The molecule has 0 radical (unpaired) electrons. The molecule has 0 amide bonds. The first kappa shape index (κ1) is 9.31. The zero-order valence-electron chi connectivity index (χ0n) is 7.20. The summed E-state index contributed by atoms with van der Waals surface area (Å²) in [6, 6.07) is 4.25. The number of rotatable bonds is 0. The van der Waals surface area contributed by atoms with Crippen LogP contribution in [0.15, 0.2) is 16.6 Å². The standard InChI is InChI=1S/C9H10BrClN2/c1-5-7-2-6(11)3-8(10)9(7)13-4-12-5/h2-3,5,12-13H,4H2,1H3. The van der Waals surface area contributed by atoms with Crippen molar-refractivity contribution in [1.82, 2.24) is 5.32 Å². The van der Waals surface area contributed by atoms with Gasteiger partial charge in [-0.2, -0.15) is 0 Å². The summed E-state index contributed by atoms with van der Waals surface area (Å²) in [5.41, 5.74) is 2.36. The summed E-state index contributed by atoms with van der Waals surface area (Å²) < 4.78 is 1.03. The Morgan fingerprint density at radius 1 is 1.54 bits per heavy atom. The Bertz CT molecular complexity index is 341. The lowest BCUT2D eigenvalue weighted by molar-refractivity contribution is 0.584. The van der Waals surface area contributed by atoms with Gasteiger partial charge in [0.15, 0.2) is 0 Å². The Morgan fingerprint density at radius 2 is 2.31 bits per heavy atom. The van der Waals surface area contributed by atoms with Crippen LogP contribution in [-0.4, -0.2) is 6.67 Å². The molecule has 2 N–H and O–H groups in total. The van der Waals surface area contributed by atoms with Crippen LogP contribution in [-0.2, 0) is 0 Å². The number of hydrogen-bond donors (Lipinski definition) is 2. The number of halogens is 2. The minimum atomic E-state index is 0.353. The maximum Gasteiger partial charge on any atom is 0.0658 e. The second-order valence-corrected chi connectivity index (χ2v) is 4.42. The molecule has 1 aromatic carbocycles. The summed E-state index contributed by atoms with van der Waals surface area (Å²) in [6.07, 6.45) is 0. The van der Waals surface area contributed by atoms with Crippen LogP contribution in [0.3, 0.4) is 0 Å². The average molecular weight is 262 g/mol. The molecule has 1 aliphatic heterocycles. The zero-order chi connectivity index (χ0) is 9.42. The van der Waals surface area contributed by atoms with E-state index in [2.05, 4.69) is 33.5 Å². The third-order valence-electron chi connectivity index (χ3n) is 2.23. The molecule has 1 aromatic rings. The lowest BCUT2D eigenvalue weighted by Crippen LogP contribution is -2.31. The summed E-state index contributed by atoms with van der Waals surface area (Å²) in [5, 5.41) is 7.34. The topological polar surface area (TPSA) is 24.1 Å². The highest BCUT2D eigenvalue weighted by Crippen LogP contribution is 2.35. The molecule has 0 aliphatic carbocycles. The Labute approximate surface area is 90.8 Å². The van der Waals surface area contributed by atoms with Gasteiger partial charge in [-0.1, -0.05) is 11.6 Å². The molecule has 2 rings (SSSR count). The fourth-order valence-corrected chi connectivity index (χ4v) is 2.50. The first-order chi connectivity index (χ1) is 6.18. The van der Waals surface area contributed by atoms with E-state index in [9.17, 15) is 0 Å². The third-order valence-corrected chi connectivity index (χ3v) is 3.07. The van der Waals surface area contributed by atoms with Gasteiger partial charge in [0.25, 0.3) is 0 Å². The predicted octanol–water partition coefficient (Wildman–Crippen LogP) is 3.14.